The van der Waals surface area contributed by atoms with Crippen LogP contribution in [0.25, 0.3) is 0 Å². The van der Waals surface area contributed by atoms with Gasteiger partial charge in [0.15, 0.2) is 18.1 Å². The van der Waals surface area contributed by atoms with E-state index < -0.39 is 11.9 Å². The largest absolute Gasteiger partial charge is 0.493 e. The predicted molar refractivity (Wildman–Crippen MR) is 113 cm³/mol. The summed E-state index contributed by atoms with van der Waals surface area (Å²) in [7, 11) is 1.52. The van der Waals surface area contributed by atoms with Crippen molar-refractivity contribution in [3.8, 4) is 29.1 Å². The molecule has 0 fully saturated rings. The Morgan fingerprint density at radius 1 is 1.16 bits per heavy atom. The molecule has 1 aliphatic rings. The highest BCUT2D eigenvalue weighted by atomic mass is 16.6. The molecule has 2 aromatic carbocycles. The summed E-state index contributed by atoms with van der Waals surface area (Å²) in [6.07, 6.45) is 0. The van der Waals surface area contributed by atoms with Crippen molar-refractivity contribution in [2.24, 2.45) is 5.73 Å². The number of nitrogens with two attached hydrogens (primary N) is 1. The highest BCUT2D eigenvalue weighted by Gasteiger charge is 2.33. The van der Waals surface area contributed by atoms with Crippen LogP contribution in [-0.4, -0.2) is 19.7 Å². The molecule has 0 spiro atoms. The lowest BCUT2D eigenvalue weighted by Gasteiger charge is -2.25. The number of ether oxygens (including phenoxy) is 4. The van der Waals surface area contributed by atoms with E-state index in [0.29, 0.717) is 34.3 Å². The lowest BCUT2D eigenvalue weighted by molar-refractivity contribution is -0.136. The van der Waals surface area contributed by atoms with Crippen molar-refractivity contribution in [2.75, 3.05) is 13.7 Å². The van der Waals surface area contributed by atoms with Crippen LogP contribution in [0.4, 0.5) is 0 Å². The molecular weight excluding hydrogens is 412 g/mol. The van der Waals surface area contributed by atoms with Gasteiger partial charge in [0.1, 0.15) is 34.7 Å². The minimum Gasteiger partial charge on any atom is -0.493 e. The molecule has 0 aliphatic carbocycles. The first kappa shape index (κ1) is 20.9. The number of nitriles is 1. The molecule has 0 saturated carbocycles. The number of esters is 1. The van der Waals surface area contributed by atoms with Gasteiger partial charge in [-0.2, -0.15) is 5.26 Å². The zero-order valence-corrected chi connectivity index (χ0v) is 17.5. The molecule has 162 valence electrons. The summed E-state index contributed by atoms with van der Waals surface area (Å²) in [4.78, 5) is 12.3. The van der Waals surface area contributed by atoms with Gasteiger partial charge in [-0.3, -0.25) is 0 Å². The summed E-state index contributed by atoms with van der Waals surface area (Å²) in [5.41, 5.74) is 6.91. The van der Waals surface area contributed by atoms with Crippen molar-refractivity contribution in [2.45, 2.75) is 12.8 Å². The number of allylic oxidation sites excluding steroid dienone is 1. The number of fused-ring (bicyclic) bond motifs is 1. The molecule has 1 unspecified atom stereocenters. The number of nitrogens with zero attached hydrogens (tertiary/aromatic N) is 1. The van der Waals surface area contributed by atoms with Gasteiger partial charge in [0.05, 0.1) is 13.0 Å². The van der Waals surface area contributed by atoms with E-state index in [1.807, 2.05) is 13.0 Å². The zero-order chi connectivity index (χ0) is 22.7. The summed E-state index contributed by atoms with van der Waals surface area (Å²) >= 11 is 0. The average Bonchev–Trinajstić information content (AvgIpc) is 3.22. The Labute approximate surface area is 184 Å². The number of para-hydroxylation sites is 2. The topological polar surface area (TPSA) is 117 Å². The minimum absolute atomic E-state index is 0.0259. The molecule has 1 aromatic heterocycles. The van der Waals surface area contributed by atoms with Crippen LogP contribution in [0.15, 0.2) is 70.5 Å². The number of aryl methyl sites for hydroxylation is 1. The van der Waals surface area contributed by atoms with Gasteiger partial charge in [0, 0.05) is 11.6 Å². The molecular formula is C24H20N2O6. The molecule has 1 aliphatic heterocycles. The van der Waals surface area contributed by atoms with Gasteiger partial charge in [0.25, 0.3) is 0 Å². The van der Waals surface area contributed by atoms with Gasteiger partial charge in [-0.05, 0) is 37.3 Å². The lowest BCUT2D eigenvalue weighted by Crippen LogP contribution is -2.21. The SMILES string of the molecule is COc1ccccc1OCC(=O)Oc1ccc2c(c1)OC(N)=C(C#N)C2c1ccc(C)o1. The molecule has 0 radical (unpaired) electrons. The maximum Gasteiger partial charge on any atom is 0.349 e. The van der Waals surface area contributed by atoms with E-state index in [-0.39, 0.29) is 23.8 Å². The first-order chi connectivity index (χ1) is 15.5. The summed E-state index contributed by atoms with van der Waals surface area (Å²) in [6.45, 7) is 1.51. The molecule has 8 heteroatoms. The van der Waals surface area contributed by atoms with E-state index in [1.165, 1.54) is 7.11 Å². The van der Waals surface area contributed by atoms with E-state index in [1.54, 1.807) is 48.5 Å². The van der Waals surface area contributed by atoms with E-state index >= 15 is 0 Å². The molecule has 0 amide bonds. The van der Waals surface area contributed by atoms with Gasteiger partial charge >= 0.3 is 5.97 Å². The number of methoxy groups -OCH3 is 1. The molecule has 32 heavy (non-hydrogen) atoms. The maximum atomic E-state index is 12.3. The second kappa shape index (κ2) is 8.78. The van der Waals surface area contributed by atoms with E-state index in [0.717, 1.165) is 0 Å². The number of benzene rings is 2. The van der Waals surface area contributed by atoms with Crippen LogP contribution < -0.4 is 24.7 Å². The number of carbonyl (C=O) groups is 1. The summed E-state index contributed by atoms with van der Waals surface area (Å²) in [6, 6.07) is 17.6. The Hall–Kier alpha value is -4.38. The number of hydrogen-bond acceptors (Lipinski definition) is 8. The van der Waals surface area contributed by atoms with Crippen molar-refractivity contribution in [3.63, 3.8) is 0 Å². The fourth-order valence-corrected chi connectivity index (χ4v) is 3.44. The number of carbonyl (C=O) groups excluding carboxylic acids is 1. The van der Waals surface area contributed by atoms with Crippen LogP contribution in [0, 0.1) is 18.3 Å². The van der Waals surface area contributed by atoms with Crippen molar-refractivity contribution in [1.29, 1.82) is 5.26 Å². The van der Waals surface area contributed by atoms with E-state index in [2.05, 4.69) is 6.07 Å². The number of hydrogen-bond donors (Lipinski definition) is 1. The smallest absolute Gasteiger partial charge is 0.349 e. The summed E-state index contributed by atoms with van der Waals surface area (Å²) < 4.78 is 27.4. The minimum atomic E-state index is -0.605. The van der Waals surface area contributed by atoms with Crippen LogP contribution in [-0.2, 0) is 4.79 Å². The second-order valence-corrected chi connectivity index (χ2v) is 6.99. The maximum absolute atomic E-state index is 12.3. The summed E-state index contributed by atoms with van der Waals surface area (Å²) in [5, 5.41) is 9.59. The van der Waals surface area contributed by atoms with E-state index in [4.69, 9.17) is 29.1 Å². The predicted octanol–water partition coefficient (Wildman–Crippen LogP) is 3.80. The fraction of sp³-hybridized carbons (Fsp3) is 0.167. The first-order valence-electron chi connectivity index (χ1n) is 9.74. The highest BCUT2D eigenvalue weighted by Crippen LogP contribution is 2.43. The van der Waals surface area contributed by atoms with Crippen molar-refractivity contribution < 1.29 is 28.2 Å². The molecule has 3 aromatic rings. The molecule has 4 rings (SSSR count). The number of rotatable bonds is 6. The van der Waals surface area contributed by atoms with Crippen LogP contribution in [0.1, 0.15) is 23.0 Å². The van der Waals surface area contributed by atoms with Gasteiger partial charge in [-0.15, -0.1) is 0 Å². The average molecular weight is 432 g/mol. The monoisotopic (exact) mass is 432 g/mol. The molecule has 2 heterocycles. The third-order valence-corrected chi connectivity index (χ3v) is 4.88. The van der Waals surface area contributed by atoms with Crippen molar-refractivity contribution in [3.05, 3.63) is 83.1 Å². The van der Waals surface area contributed by atoms with Crippen LogP contribution in [0.5, 0.6) is 23.0 Å². The van der Waals surface area contributed by atoms with Crippen molar-refractivity contribution in [1.82, 2.24) is 0 Å². The van der Waals surface area contributed by atoms with E-state index in [9.17, 15) is 10.1 Å². The number of furan rings is 1. The van der Waals surface area contributed by atoms with Crippen LogP contribution >= 0.6 is 0 Å². The first-order valence-corrected chi connectivity index (χ1v) is 9.74. The lowest BCUT2D eigenvalue weighted by atomic mass is 9.87. The fourth-order valence-electron chi connectivity index (χ4n) is 3.44. The third kappa shape index (κ3) is 4.09. The Morgan fingerprint density at radius 2 is 1.94 bits per heavy atom. The molecule has 2 N–H and O–H groups in total. The standard InChI is InChI=1S/C24H20N2O6/c1-14-7-10-20(30-14)23-16-9-8-15(11-21(16)32-24(26)17(23)12-25)31-22(27)13-29-19-6-4-3-5-18(19)28-2/h3-11,23H,13,26H2,1-2H3. The quantitative estimate of drug-likeness (QED) is 0.462. The van der Waals surface area contributed by atoms with Gasteiger partial charge in [-0.1, -0.05) is 18.2 Å². The molecule has 8 nitrogen and oxygen atoms in total. The summed E-state index contributed by atoms with van der Waals surface area (Å²) in [5.74, 6) is 1.70. The highest BCUT2D eigenvalue weighted by molar-refractivity contribution is 5.74. The van der Waals surface area contributed by atoms with Crippen LogP contribution in [0.2, 0.25) is 0 Å². The second-order valence-electron chi connectivity index (χ2n) is 6.99. The Bertz CT molecular complexity index is 1240. The van der Waals surface area contributed by atoms with Gasteiger partial charge in [-0.25, -0.2) is 4.79 Å². The normalized spacial score (nSPS) is 14.7. The van der Waals surface area contributed by atoms with Gasteiger partial charge < -0.3 is 29.1 Å². The molecule has 0 saturated heterocycles. The molecule has 1 atom stereocenters. The van der Waals surface area contributed by atoms with Gasteiger partial charge in [0.2, 0.25) is 5.88 Å². The Balaban J connectivity index is 1.52. The Morgan fingerprint density at radius 3 is 2.62 bits per heavy atom. The van der Waals surface area contributed by atoms with Crippen molar-refractivity contribution >= 4 is 5.97 Å². The van der Waals surface area contributed by atoms with Crippen LogP contribution in [0.3, 0.4) is 0 Å². The molecule has 0 bridgehead atoms. The third-order valence-electron chi connectivity index (χ3n) is 4.88. The zero-order valence-electron chi connectivity index (χ0n) is 17.5. The Kier molecular flexibility index (Phi) is 5.73.